The van der Waals surface area contributed by atoms with Gasteiger partial charge in [0.15, 0.2) is 6.10 Å². The smallest absolute Gasteiger partial charge is 0.306 e. The topological polar surface area (TPSA) is 72.8 Å². The van der Waals surface area contributed by atoms with E-state index in [1.807, 2.05) is 0 Å². The van der Waals surface area contributed by atoms with Crippen molar-refractivity contribution < 1.29 is 24.2 Å². The van der Waals surface area contributed by atoms with Crippen molar-refractivity contribution in [3.05, 3.63) is 134 Å². The van der Waals surface area contributed by atoms with Crippen molar-refractivity contribution in [2.45, 2.75) is 328 Å². The standard InChI is InChI=1S/C77H130O5/c1-3-5-7-9-11-13-15-17-19-21-23-25-27-29-31-32-33-34-35-36-37-38-39-40-41-42-43-44-46-48-50-52-54-56-58-60-62-64-66-68-70-72-77(80)82-75(73-78)74-81-76(79)71-69-67-65-63-61-59-57-55-53-51-49-47-45-30-28-26-24-22-20-18-16-14-12-10-8-6-4-2/h5-8,11-14,17-20,23-26,29-31,33-34,45,75,78H,3-4,9-10,15-16,21-22,27-28,32,35-44,46-74H2,1-2H3/b7-5-,8-6-,13-11-,14-12-,19-17-,20-18-,25-23-,26-24-,31-29-,34-33-,45-30-. The van der Waals surface area contributed by atoms with E-state index >= 15 is 0 Å². The summed E-state index contributed by atoms with van der Waals surface area (Å²) in [6.45, 7) is 3.93. The highest BCUT2D eigenvalue weighted by Crippen LogP contribution is 2.17. The molecule has 0 aromatic rings. The Labute approximate surface area is 508 Å². The fourth-order valence-electron chi connectivity index (χ4n) is 9.82. The lowest BCUT2D eigenvalue weighted by Crippen LogP contribution is -2.28. The Kier molecular flexibility index (Phi) is 67.9. The van der Waals surface area contributed by atoms with Gasteiger partial charge in [0.1, 0.15) is 6.61 Å². The van der Waals surface area contributed by atoms with E-state index in [2.05, 4.69) is 148 Å². The van der Waals surface area contributed by atoms with Gasteiger partial charge in [-0.2, -0.15) is 0 Å². The molecule has 0 aromatic carbocycles. The zero-order chi connectivity index (χ0) is 59.1. The molecule has 1 atom stereocenters. The zero-order valence-corrected chi connectivity index (χ0v) is 53.7. The van der Waals surface area contributed by atoms with Gasteiger partial charge in [-0.1, -0.05) is 334 Å². The van der Waals surface area contributed by atoms with Crippen LogP contribution in [0.4, 0.5) is 0 Å². The van der Waals surface area contributed by atoms with Crippen molar-refractivity contribution >= 4 is 11.9 Å². The number of aliphatic hydroxyl groups excluding tert-OH is 1. The van der Waals surface area contributed by atoms with E-state index in [-0.39, 0.29) is 25.2 Å². The van der Waals surface area contributed by atoms with Crippen molar-refractivity contribution in [1.29, 1.82) is 0 Å². The molecular formula is C77H130O5. The third-order valence-electron chi connectivity index (χ3n) is 14.9. The summed E-state index contributed by atoms with van der Waals surface area (Å²) in [6, 6.07) is 0. The Balaban J connectivity index is 3.45. The molecule has 0 fully saturated rings. The van der Waals surface area contributed by atoms with Crippen LogP contribution in [0, 0.1) is 0 Å². The summed E-state index contributed by atoms with van der Waals surface area (Å²) in [7, 11) is 0. The largest absolute Gasteiger partial charge is 0.462 e. The zero-order valence-electron chi connectivity index (χ0n) is 53.7. The molecule has 1 N–H and O–H groups in total. The van der Waals surface area contributed by atoms with E-state index in [0.717, 1.165) is 109 Å². The van der Waals surface area contributed by atoms with Gasteiger partial charge in [-0.15, -0.1) is 0 Å². The van der Waals surface area contributed by atoms with Crippen molar-refractivity contribution in [2.75, 3.05) is 13.2 Å². The molecule has 5 heteroatoms. The molecule has 1 unspecified atom stereocenters. The van der Waals surface area contributed by atoms with E-state index < -0.39 is 6.10 Å². The van der Waals surface area contributed by atoms with Gasteiger partial charge in [0.25, 0.3) is 0 Å². The predicted octanol–water partition coefficient (Wildman–Crippen LogP) is 24.3. The molecular weight excluding hydrogens is 1000 g/mol. The Bertz CT molecular complexity index is 1670. The number of unbranched alkanes of at least 4 members (excludes halogenated alkanes) is 33. The van der Waals surface area contributed by atoms with Crippen LogP contribution in [-0.2, 0) is 19.1 Å². The van der Waals surface area contributed by atoms with E-state index in [1.54, 1.807) is 0 Å². The van der Waals surface area contributed by atoms with Gasteiger partial charge in [0.05, 0.1) is 6.61 Å². The van der Waals surface area contributed by atoms with Gasteiger partial charge in [-0.25, -0.2) is 0 Å². The fourth-order valence-corrected chi connectivity index (χ4v) is 9.82. The highest BCUT2D eigenvalue weighted by molar-refractivity contribution is 5.70. The van der Waals surface area contributed by atoms with Gasteiger partial charge < -0.3 is 14.6 Å². The molecule has 0 amide bonds. The first-order valence-corrected chi connectivity index (χ1v) is 34.7. The summed E-state index contributed by atoms with van der Waals surface area (Å²) in [4.78, 5) is 24.6. The number of esters is 2. The van der Waals surface area contributed by atoms with Crippen molar-refractivity contribution in [1.82, 2.24) is 0 Å². The van der Waals surface area contributed by atoms with Crippen molar-refractivity contribution in [3.63, 3.8) is 0 Å². The van der Waals surface area contributed by atoms with Gasteiger partial charge >= 0.3 is 11.9 Å². The molecule has 0 aromatic heterocycles. The summed E-state index contributed by atoms with van der Waals surface area (Å²) in [5.74, 6) is -0.586. The lowest BCUT2D eigenvalue weighted by molar-refractivity contribution is -0.161. The van der Waals surface area contributed by atoms with Crippen LogP contribution >= 0.6 is 0 Å². The average molecular weight is 1140 g/mol. The summed E-state index contributed by atoms with van der Waals surface area (Å²) in [5, 5.41) is 9.70. The molecule has 468 valence electrons. The van der Waals surface area contributed by atoms with E-state index in [1.165, 1.54) is 186 Å². The van der Waals surface area contributed by atoms with E-state index in [9.17, 15) is 14.7 Å². The molecule has 0 aliphatic heterocycles. The quantitative estimate of drug-likeness (QED) is 0.0373. The molecule has 0 saturated heterocycles. The number of ether oxygens (including phenoxy) is 2. The lowest BCUT2D eigenvalue weighted by Gasteiger charge is -2.15. The monoisotopic (exact) mass is 1130 g/mol. The minimum atomic E-state index is -0.780. The number of hydrogen-bond acceptors (Lipinski definition) is 5. The third kappa shape index (κ3) is 68.5. The maximum atomic E-state index is 12.4. The highest BCUT2D eigenvalue weighted by Gasteiger charge is 2.16. The predicted molar refractivity (Wildman–Crippen MR) is 361 cm³/mol. The van der Waals surface area contributed by atoms with Crippen LogP contribution in [0.15, 0.2) is 134 Å². The number of aliphatic hydroxyl groups is 1. The van der Waals surface area contributed by atoms with Crippen LogP contribution in [0.3, 0.4) is 0 Å². The number of allylic oxidation sites excluding steroid dienone is 22. The molecule has 5 nitrogen and oxygen atoms in total. The first-order chi connectivity index (χ1) is 40.6. The summed E-state index contributed by atoms with van der Waals surface area (Å²) in [5.41, 5.74) is 0. The van der Waals surface area contributed by atoms with Crippen LogP contribution in [-0.4, -0.2) is 36.4 Å². The van der Waals surface area contributed by atoms with Crippen LogP contribution in [0.2, 0.25) is 0 Å². The Morgan fingerprint density at radius 1 is 0.280 bits per heavy atom. The second-order valence-corrected chi connectivity index (χ2v) is 22.8. The Hall–Kier alpha value is -3.96. The molecule has 0 aliphatic rings. The molecule has 0 aliphatic carbocycles. The highest BCUT2D eigenvalue weighted by atomic mass is 16.6. The first-order valence-electron chi connectivity index (χ1n) is 34.7. The van der Waals surface area contributed by atoms with E-state index in [0.29, 0.717) is 12.8 Å². The minimum absolute atomic E-state index is 0.0699. The van der Waals surface area contributed by atoms with Gasteiger partial charge in [-0.05, 0) is 109 Å². The summed E-state index contributed by atoms with van der Waals surface area (Å²) < 4.78 is 10.8. The molecule has 82 heavy (non-hydrogen) atoms. The molecule has 0 bridgehead atoms. The molecule has 0 rings (SSSR count). The minimum Gasteiger partial charge on any atom is -0.462 e. The van der Waals surface area contributed by atoms with Gasteiger partial charge in [0, 0.05) is 12.8 Å². The van der Waals surface area contributed by atoms with Crippen molar-refractivity contribution in [2.24, 2.45) is 0 Å². The normalized spacial score (nSPS) is 13.1. The van der Waals surface area contributed by atoms with Gasteiger partial charge in [-0.3, -0.25) is 9.59 Å². The molecule has 0 radical (unpaired) electrons. The van der Waals surface area contributed by atoms with Crippen LogP contribution in [0.5, 0.6) is 0 Å². The molecule has 0 saturated carbocycles. The first kappa shape index (κ1) is 78.0. The molecule has 0 spiro atoms. The Morgan fingerprint density at radius 2 is 0.488 bits per heavy atom. The maximum Gasteiger partial charge on any atom is 0.306 e. The Morgan fingerprint density at radius 3 is 0.732 bits per heavy atom. The van der Waals surface area contributed by atoms with Gasteiger partial charge in [0.2, 0.25) is 0 Å². The number of hydrogen-bond donors (Lipinski definition) is 1. The van der Waals surface area contributed by atoms with Crippen molar-refractivity contribution in [3.8, 4) is 0 Å². The SMILES string of the molecule is CC/C=C\C/C=C\C/C=C\C/C=C\C/C=C\C/C=C\CCCCCCCCCCCCCCCCCCCCCCCCC(=O)OC(CO)COC(=O)CCCCCCCCCCCCC/C=C\C/C=C\C/C=C\C/C=C\C/C=C\CC. The summed E-state index contributed by atoms with van der Waals surface area (Å²) >= 11 is 0. The average Bonchev–Trinajstić information content (AvgIpc) is 3.49. The fraction of sp³-hybridized carbons (Fsp3) is 0.688. The number of carbonyl (C=O) groups is 2. The van der Waals surface area contributed by atoms with Crippen LogP contribution < -0.4 is 0 Å². The van der Waals surface area contributed by atoms with E-state index in [4.69, 9.17) is 9.47 Å². The van der Waals surface area contributed by atoms with Crippen LogP contribution in [0.1, 0.15) is 322 Å². The second-order valence-electron chi connectivity index (χ2n) is 22.8. The maximum absolute atomic E-state index is 12.4. The second kappa shape index (κ2) is 71.3. The lowest BCUT2D eigenvalue weighted by atomic mass is 10.0. The number of rotatable bonds is 63. The number of carbonyl (C=O) groups excluding carboxylic acids is 2. The molecule has 0 heterocycles. The van der Waals surface area contributed by atoms with Crippen LogP contribution in [0.25, 0.3) is 0 Å². The third-order valence-corrected chi connectivity index (χ3v) is 14.9. The summed E-state index contributed by atoms with van der Waals surface area (Å²) in [6.07, 6.45) is 106.